The molecule has 1 aromatic rings. The molecule has 3 N–H and O–H groups in total. The van der Waals surface area contributed by atoms with Crippen LogP contribution in [-0.2, 0) is 10.2 Å². The highest BCUT2D eigenvalue weighted by Crippen LogP contribution is 2.29. The Morgan fingerprint density at radius 2 is 1.67 bits per heavy atom. The molecule has 0 aliphatic heterocycles. The van der Waals surface area contributed by atoms with Crippen molar-refractivity contribution >= 4 is 17.6 Å². The third-order valence-corrected chi connectivity index (χ3v) is 4.66. The van der Waals surface area contributed by atoms with Crippen molar-refractivity contribution < 1.29 is 9.59 Å². The fraction of sp³-hybridized carbons (Fsp3) is 0.579. The molecule has 0 radical (unpaired) electrons. The summed E-state index contributed by atoms with van der Waals surface area (Å²) in [5.74, 6) is 0.190. The van der Waals surface area contributed by atoms with Crippen molar-refractivity contribution in [2.24, 2.45) is 5.92 Å². The first kappa shape index (κ1) is 18.3. The van der Waals surface area contributed by atoms with Gasteiger partial charge >= 0.3 is 6.03 Å². The zero-order valence-electron chi connectivity index (χ0n) is 15.1. The lowest BCUT2D eigenvalue weighted by atomic mass is 9.85. The molecule has 0 aromatic heterocycles. The van der Waals surface area contributed by atoms with E-state index in [4.69, 9.17) is 0 Å². The van der Waals surface area contributed by atoms with Crippen LogP contribution in [0.25, 0.3) is 0 Å². The third kappa shape index (κ3) is 4.73. The summed E-state index contributed by atoms with van der Waals surface area (Å²) in [7, 11) is 1.67. The molecule has 1 fully saturated rings. The van der Waals surface area contributed by atoms with Crippen LogP contribution < -0.4 is 16.0 Å². The zero-order valence-corrected chi connectivity index (χ0v) is 15.1. The van der Waals surface area contributed by atoms with Crippen LogP contribution in [0.15, 0.2) is 24.3 Å². The molecule has 0 unspecified atom stereocenters. The first-order valence-electron chi connectivity index (χ1n) is 8.70. The van der Waals surface area contributed by atoms with E-state index in [9.17, 15) is 9.59 Å². The quantitative estimate of drug-likeness (QED) is 0.794. The summed E-state index contributed by atoms with van der Waals surface area (Å²) in [6, 6.07) is 7.86. The lowest BCUT2D eigenvalue weighted by Crippen LogP contribution is -2.42. The fourth-order valence-corrected chi connectivity index (χ4v) is 3.29. The van der Waals surface area contributed by atoms with E-state index in [1.54, 1.807) is 7.05 Å². The number of nitrogens with one attached hydrogen (secondary N) is 3. The third-order valence-electron chi connectivity index (χ3n) is 4.66. The number of rotatable bonds is 3. The molecule has 5 heteroatoms. The zero-order chi connectivity index (χ0) is 17.7. The summed E-state index contributed by atoms with van der Waals surface area (Å²) < 4.78 is 0. The van der Waals surface area contributed by atoms with E-state index in [0.29, 0.717) is 0 Å². The number of para-hydroxylation sites is 1. The van der Waals surface area contributed by atoms with Gasteiger partial charge in [0.15, 0.2) is 0 Å². The van der Waals surface area contributed by atoms with Crippen molar-refractivity contribution in [1.82, 2.24) is 10.6 Å². The smallest absolute Gasteiger partial charge is 0.319 e. The Labute approximate surface area is 144 Å². The maximum Gasteiger partial charge on any atom is 0.319 e. The molecular formula is C19H29N3O2. The summed E-state index contributed by atoms with van der Waals surface area (Å²) in [5.41, 5.74) is 1.93. The maximum absolute atomic E-state index is 12.3. The van der Waals surface area contributed by atoms with E-state index in [-0.39, 0.29) is 29.3 Å². The second-order valence-corrected chi connectivity index (χ2v) is 7.56. The normalized spacial score (nSPS) is 21.0. The summed E-state index contributed by atoms with van der Waals surface area (Å²) in [6.45, 7) is 6.39. The van der Waals surface area contributed by atoms with Crippen LogP contribution in [0.1, 0.15) is 52.0 Å². The highest BCUT2D eigenvalue weighted by atomic mass is 16.2. The van der Waals surface area contributed by atoms with Gasteiger partial charge < -0.3 is 16.0 Å². The van der Waals surface area contributed by atoms with Gasteiger partial charge in [0, 0.05) is 24.7 Å². The van der Waals surface area contributed by atoms with Gasteiger partial charge in [-0.25, -0.2) is 4.79 Å². The topological polar surface area (TPSA) is 70.2 Å². The minimum atomic E-state index is -0.171. The highest BCUT2D eigenvalue weighted by molar-refractivity contribution is 5.90. The van der Waals surface area contributed by atoms with Gasteiger partial charge in [-0.3, -0.25) is 4.79 Å². The van der Waals surface area contributed by atoms with Crippen LogP contribution in [0, 0.1) is 5.92 Å². The Morgan fingerprint density at radius 1 is 1.04 bits per heavy atom. The van der Waals surface area contributed by atoms with Crippen molar-refractivity contribution in [3.8, 4) is 0 Å². The Kier molecular flexibility index (Phi) is 5.86. The van der Waals surface area contributed by atoms with Gasteiger partial charge in [-0.15, -0.1) is 0 Å². The summed E-state index contributed by atoms with van der Waals surface area (Å²) >= 11 is 0. The number of hydrogen-bond donors (Lipinski definition) is 3. The van der Waals surface area contributed by atoms with Gasteiger partial charge in [-0.05, 0) is 42.7 Å². The minimum Gasteiger partial charge on any atom is -0.359 e. The molecule has 0 bridgehead atoms. The second-order valence-electron chi connectivity index (χ2n) is 7.56. The minimum absolute atomic E-state index is 0.0323. The molecule has 3 amide bonds. The number of hydrogen-bond acceptors (Lipinski definition) is 2. The molecule has 2 rings (SSSR count). The summed E-state index contributed by atoms with van der Waals surface area (Å²) in [6.07, 6.45) is 3.32. The van der Waals surface area contributed by atoms with Crippen molar-refractivity contribution in [1.29, 1.82) is 0 Å². The van der Waals surface area contributed by atoms with Gasteiger partial charge in [-0.1, -0.05) is 39.0 Å². The lowest BCUT2D eigenvalue weighted by Gasteiger charge is -2.28. The van der Waals surface area contributed by atoms with Crippen molar-refractivity contribution in [2.75, 3.05) is 12.4 Å². The number of anilines is 1. The van der Waals surface area contributed by atoms with Crippen LogP contribution in [0.3, 0.4) is 0 Å². The largest absolute Gasteiger partial charge is 0.359 e. The van der Waals surface area contributed by atoms with E-state index in [1.165, 1.54) is 0 Å². The molecule has 1 aliphatic rings. The molecule has 24 heavy (non-hydrogen) atoms. The first-order valence-corrected chi connectivity index (χ1v) is 8.70. The van der Waals surface area contributed by atoms with E-state index in [1.807, 2.05) is 24.3 Å². The molecule has 1 aliphatic carbocycles. The molecular weight excluding hydrogens is 302 g/mol. The molecule has 0 saturated heterocycles. The van der Waals surface area contributed by atoms with Gasteiger partial charge in [-0.2, -0.15) is 0 Å². The Balaban J connectivity index is 1.90. The number of amides is 3. The van der Waals surface area contributed by atoms with Crippen molar-refractivity contribution in [2.45, 2.75) is 57.9 Å². The Morgan fingerprint density at radius 3 is 2.25 bits per heavy atom. The monoisotopic (exact) mass is 331 g/mol. The summed E-state index contributed by atoms with van der Waals surface area (Å²) in [5, 5.41) is 8.73. The van der Waals surface area contributed by atoms with Crippen LogP contribution in [0.4, 0.5) is 10.5 Å². The SMILES string of the molecule is CNC(=O)C1CCC(NC(=O)Nc2ccccc2C(C)(C)C)CC1. The molecule has 0 heterocycles. The average molecular weight is 331 g/mol. The van der Waals surface area contributed by atoms with Crippen LogP contribution in [0.5, 0.6) is 0 Å². The number of urea groups is 1. The standard InChI is InChI=1S/C19H29N3O2/c1-19(2,3)15-7-5-6-8-16(15)22-18(24)21-14-11-9-13(10-12-14)17(23)20-4/h5-8,13-14H,9-12H2,1-4H3,(H,20,23)(H2,21,22,24). The molecule has 0 atom stereocenters. The van der Waals surface area contributed by atoms with Gasteiger partial charge in [0.25, 0.3) is 0 Å². The van der Waals surface area contributed by atoms with E-state index < -0.39 is 0 Å². The first-order chi connectivity index (χ1) is 11.3. The van der Waals surface area contributed by atoms with Crippen LogP contribution >= 0.6 is 0 Å². The number of carbonyl (C=O) groups excluding carboxylic acids is 2. The van der Waals surface area contributed by atoms with E-state index >= 15 is 0 Å². The van der Waals surface area contributed by atoms with Gasteiger partial charge in [0.05, 0.1) is 0 Å². The predicted molar refractivity (Wildman–Crippen MR) is 97.1 cm³/mol. The number of benzene rings is 1. The van der Waals surface area contributed by atoms with Crippen LogP contribution in [-0.4, -0.2) is 25.0 Å². The second kappa shape index (κ2) is 7.69. The fourth-order valence-electron chi connectivity index (χ4n) is 3.29. The van der Waals surface area contributed by atoms with Gasteiger partial charge in [0.1, 0.15) is 0 Å². The van der Waals surface area contributed by atoms with Crippen LogP contribution in [0.2, 0.25) is 0 Å². The summed E-state index contributed by atoms with van der Waals surface area (Å²) in [4.78, 5) is 24.0. The Hall–Kier alpha value is -2.04. The Bertz CT molecular complexity index is 585. The lowest BCUT2D eigenvalue weighted by molar-refractivity contribution is -0.125. The highest BCUT2D eigenvalue weighted by Gasteiger charge is 2.26. The maximum atomic E-state index is 12.3. The number of carbonyl (C=O) groups is 2. The van der Waals surface area contributed by atoms with E-state index in [0.717, 1.165) is 36.9 Å². The molecule has 1 saturated carbocycles. The van der Waals surface area contributed by atoms with E-state index in [2.05, 4.69) is 36.7 Å². The average Bonchev–Trinajstić information content (AvgIpc) is 2.54. The van der Waals surface area contributed by atoms with Gasteiger partial charge in [0.2, 0.25) is 5.91 Å². The van der Waals surface area contributed by atoms with Crippen molar-refractivity contribution in [3.63, 3.8) is 0 Å². The van der Waals surface area contributed by atoms with Crippen molar-refractivity contribution in [3.05, 3.63) is 29.8 Å². The molecule has 0 spiro atoms. The molecule has 132 valence electrons. The molecule has 1 aromatic carbocycles. The molecule has 5 nitrogen and oxygen atoms in total. The predicted octanol–water partition coefficient (Wildman–Crippen LogP) is 3.41.